The highest BCUT2D eigenvalue weighted by atomic mass is 35.5. The first-order chi connectivity index (χ1) is 13.9. The molecular formula is C19H21ClN6O2. The zero-order valence-corrected chi connectivity index (χ0v) is 16.1. The van der Waals surface area contributed by atoms with Gasteiger partial charge in [-0.25, -0.2) is 4.98 Å². The van der Waals surface area contributed by atoms with Gasteiger partial charge in [0.1, 0.15) is 10.5 Å². The van der Waals surface area contributed by atoms with Gasteiger partial charge in [0.05, 0.1) is 7.54 Å². The molecule has 1 aromatic heterocycles. The molecule has 28 heavy (non-hydrogen) atoms. The molecule has 1 atom stereocenters. The number of hydrogen-bond donors (Lipinski definition) is 3. The lowest BCUT2D eigenvalue weighted by atomic mass is 10.2. The summed E-state index contributed by atoms with van der Waals surface area (Å²) in [7, 11) is 1.57. The number of amides is 2. The Morgan fingerprint density at radius 3 is 2.89 bits per heavy atom. The van der Waals surface area contributed by atoms with E-state index in [4.69, 9.17) is 13.0 Å². The number of carbonyl (C=O) groups is 2. The quantitative estimate of drug-likeness (QED) is 0.667. The number of benzene rings is 1. The Labute approximate surface area is 168 Å². The number of anilines is 2. The molecule has 2 amide bonds. The predicted molar refractivity (Wildman–Crippen MR) is 108 cm³/mol. The molecule has 1 aliphatic rings. The van der Waals surface area contributed by atoms with Crippen molar-refractivity contribution in [3.63, 3.8) is 0 Å². The van der Waals surface area contributed by atoms with E-state index in [1.807, 2.05) is 0 Å². The molecule has 3 rings (SSSR count). The van der Waals surface area contributed by atoms with Crippen LogP contribution >= 0.6 is 11.6 Å². The minimum atomic E-state index is -0.306. The summed E-state index contributed by atoms with van der Waals surface area (Å²) in [4.78, 5) is 36.8. The van der Waals surface area contributed by atoms with Gasteiger partial charge in [0.15, 0.2) is 0 Å². The van der Waals surface area contributed by atoms with E-state index in [0.29, 0.717) is 35.8 Å². The lowest BCUT2D eigenvalue weighted by molar-refractivity contribution is -0.111. The standard InChI is InChI=1S/C19H21ClN6O2/c1-3-16(27)23-13-6-4-12(5-7-13)18(28)26-9-8-14(11-26)24-19-22-10-15(20)17(21-2)25-19/h3-7,10,14H,1,8-9,11H2,2H3,(H,23,27)(H2,21,22,24,25)/t14-/m0/s1/i10D. The summed E-state index contributed by atoms with van der Waals surface area (Å²) in [6, 6.07) is 6.70. The Hall–Kier alpha value is -3.13. The molecule has 0 unspecified atom stereocenters. The van der Waals surface area contributed by atoms with Crippen molar-refractivity contribution < 1.29 is 11.0 Å². The van der Waals surface area contributed by atoms with E-state index < -0.39 is 0 Å². The second-order valence-electron chi connectivity index (χ2n) is 6.24. The van der Waals surface area contributed by atoms with Crippen LogP contribution in [0.15, 0.2) is 48.1 Å². The van der Waals surface area contributed by atoms with E-state index in [9.17, 15) is 9.59 Å². The van der Waals surface area contributed by atoms with Gasteiger partial charge in [-0.15, -0.1) is 0 Å². The van der Waals surface area contributed by atoms with E-state index in [-0.39, 0.29) is 29.1 Å². The van der Waals surface area contributed by atoms with E-state index in [1.165, 1.54) is 6.08 Å². The van der Waals surface area contributed by atoms with Crippen molar-refractivity contribution in [1.82, 2.24) is 14.9 Å². The lowest BCUT2D eigenvalue weighted by Gasteiger charge is -2.17. The number of aromatic nitrogens is 2. The van der Waals surface area contributed by atoms with Gasteiger partial charge in [0.25, 0.3) is 5.91 Å². The Morgan fingerprint density at radius 2 is 2.21 bits per heavy atom. The van der Waals surface area contributed by atoms with E-state index in [0.717, 1.165) is 6.42 Å². The third-order valence-corrected chi connectivity index (χ3v) is 4.60. The summed E-state index contributed by atoms with van der Waals surface area (Å²) in [6.45, 7) is 4.50. The number of carbonyl (C=O) groups excluding carboxylic acids is 2. The van der Waals surface area contributed by atoms with Crippen molar-refractivity contribution in [2.45, 2.75) is 12.5 Å². The average Bonchev–Trinajstić information content (AvgIpc) is 3.18. The Balaban J connectivity index is 1.63. The molecule has 146 valence electrons. The summed E-state index contributed by atoms with van der Waals surface area (Å²) in [5.74, 6) is -0.00371. The molecule has 0 spiro atoms. The van der Waals surface area contributed by atoms with Crippen molar-refractivity contribution in [2.24, 2.45) is 4.99 Å². The molecule has 1 aromatic carbocycles. The van der Waals surface area contributed by atoms with Crippen LogP contribution in [0.25, 0.3) is 0 Å². The zero-order valence-electron chi connectivity index (χ0n) is 16.3. The number of H-pyrrole nitrogens is 1. The van der Waals surface area contributed by atoms with Gasteiger partial charge in [-0.2, -0.15) is 0 Å². The molecule has 8 nitrogen and oxygen atoms in total. The molecule has 0 bridgehead atoms. The average molecular weight is 402 g/mol. The van der Waals surface area contributed by atoms with Gasteiger partial charge in [-0.05, 0) is 36.8 Å². The molecule has 2 heterocycles. The molecule has 3 N–H and O–H groups in total. The maximum atomic E-state index is 12.7. The maximum absolute atomic E-state index is 12.7. The Morgan fingerprint density at radius 1 is 1.46 bits per heavy atom. The Kier molecular flexibility index (Phi) is 5.67. The van der Waals surface area contributed by atoms with E-state index in [1.54, 1.807) is 36.2 Å². The van der Waals surface area contributed by atoms with Crippen molar-refractivity contribution in [3.8, 4) is 0 Å². The molecular weight excluding hydrogens is 380 g/mol. The predicted octanol–water partition coefficient (Wildman–Crippen LogP) is 2.04. The van der Waals surface area contributed by atoms with Crippen LogP contribution in [-0.4, -0.2) is 52.9 Å². The number of aromatic amines is 1. The summed E-state index contributed by atoms with van der Waals surface area (Å²) >= 11 is 5.98. The number of halogens is 1. The first-order valence-electron chi connectivity index (χ1n) is 9.19. The number of nitrogens with zero attached hydrogens (tertiary/aromatic N) is 3. The summed E-state index contributed by atoms with van der Waals surface area (Å²) < 4.78 is 7.81. The van der Waals surface area contributed by atoms with Crippen molar-refractivity contribution >= 4 is 35.1 Å². The van der Waals surface area contributed by atoms with Crippen molar-refractivity contribution in [2.75, 3.05) is 30.8 Å². The summed E-state index contributed by atoms with van der Waals surface area (Å²) in [5.41, 5.74) is 1.52. The topological polar surface area (TPSA) is 102 Å². The molecule has 1 fully saturated rings. The van der Waals surface area contributed by atoms with Crippen LogP contribution in [0.3, 0.4) is 0 Å². The number of nitrogens with one attached hydrogen (secondary N) is 3. The van der Waals surface area contributed by atoms with Gasteiger partial charge in [0, 0.05) is 37.4 Å². The fourth-order valence-electron chi connectivity index (χ4n) is 2.90. The zero-order chi connectivity index (χ0) is 21.0. The first kappa shape index (κ1) is 18.2. The molecule has 0 saturated carbocycles. The third kappa shape index (κ3) is 4.58. The van der Waals surface area contributed by atoms with Gasteiger partial charge >= 0.3 is 0 Å². The molecule has 1 saturated heterocycles. The fourth-order valence-corrected chi connectivity index (χ4v) is 3.08. The van der Waals surface area contributed by atoms with Gasteiger partial charge in [-0.1, -0.05) is 18.2 Å². The monoisotopic (exact) mass is 401 g/mol. The largest absolute Gasteiger partial charge is 0.351 e. The highest BCUT2D eigenvalue weighted by molar-refractivity contribution is 6.30. The SMILES string of the molecule is [2H]c1nc(N[C@H]2CCN(C(=O)c3ccc(NC(=O)C=C)cc3)C2)[nH]c(=NC)c1Cl. The number of hydrogen-bond acceptors (Lipinski definition) is 5. The maximum Gasteiger partial charge on any atom is 0.253 e. The van der Waals surface area contributed by atoms with Crippen molar-refractivity contribution in [1.29, 1.82) is 0 Å². The molecule has 0 radical (unpaired) electrons. The second kappa shape index (κ2) is 8.71. The first-order valence-corrected chi connectivity index (χ1v) is 9.07. The Bertz CT molecular complexity index is 1000. The minimum Gasteiger partial charge on any atom is -0.351 e. The van der Waals surface area contributed by atoms with Crippen LogP contribution < -0.4 is 16.1 Å². The van der Waals surface area contributed by atoms with Gasteiger partial charge < -0.3 is 20.5 Å². The van der Waals surface area contributed by atoms with Crippen LogP contribution in [0.5, 0.6) is 0 Å². The van der Waals surface area contributed by atoms with Crippen LogP contribution in [0, 0.1) is 0 Å². The van der Waals surface area contributed by atoms with E-state index in [2.05, 4.69) is 32.2 Å². The molecule has 9 heteroatoms. The fraction of sp³-hybridized carbons (Fsp3) is 0.263. The minimum absolute atomic E-state index is 0.0147. The molecule has 0 aliphatic carbocycles. The third-order valence-electron chi connectivity index (χ3n) is 4.34. The van der Waals surface area contributed by atoms with E-state index >= 15 is 0 Å². The second-order valence-corrected chi connectivity index (χ2v) is 6.61. The number of likely N-dealkylation sites (tertiary alicyclic amines) is 1. The number of rotatable bonds is 5. The van der Waals surface area contributed by atoms with Gasteiger partial charge in [-0.3, -0.25) is 14.6 Å². The smallest absolute Gasteiger partial charge is 0.253 e. The molecule has 2 aromatic rings. The van der Waals surface area contributed by atoms with Crippen LogP contribution in [-0.2, 0) is 4.79 Å². The van der Waals surface area contributed by atoms with Crippen molar-refractivity contribution in [3.05, 3.63) is 59.2 Å². The normalized spacial score (nSPS) is 17.2. The highest BCUT2D eigenvalue weighted by Gasteiger charge is 2.27. The van der Waals surface area contributed by atoms with Crippen LogP contribution in [0.4, 0.5) is 11.6 Å². The summed E-state index contributed by atoms with van der Waals surface area (Å²) in [6.07, 6.45) is 1.86. The van der Waals surface area contributed by atoms with Gasteiger partial charge in [0.2, 0.25) is 11.9 Å². The molecule has 1 aliphatic heterocycles. The van der Waals surface area contributed by atoms with Crippen LogP contribution in [0.1, 0.15) is 18.1 Å². The van der Waals surface area contributed by atoms with Crippen LogP contribution in [0.2, 0.25) is 5.02 Å². The highest BCUT2D eigenvalue weighted by Crippen LogP contribution is 2.18. The summed E-state index contributed by atoms with van der Waals surface area (Å²) in [5, 5.41) is 6.01. The lowest BCUT2D eigenvalue weighted by Crippen LogP contribution is -2.32.